The van der Waals surface area contributed by atoms with Crippen molar-refractivity contribution >= 4 is 60.5 Å². The zero-order chi connectivity index (χ0) is 45.6. The third kappa shape index (κ3) is 5.11. The summed E-state index contributed by atoms with van der Waals surface area (Å²) in [5.41, 5.74) is 19.3. The summed E-state index contributed by atoms with van der Waals surface area (Å²) in [5.74, 6) is 1.86. The summed E-state index contributed by atoms with van der Waals surface area (Å²) in [5, 5.41) is 6.78. The lowest BCUT2D eigenvalue weighted by Crippen LogP contribution is -2.32. The molecule has 0 saturated heterocycles. The molecule has 15 rings (SSSR count). The molecule has 3 heteroatoms. The standard InChI is InChI=1S/C66H43NO2/c1-65(2)51-22-10-8-20-48(51)61-54(65)24-13-25-57(61)67(58-26-14-28-60-62(58)49-21-9-12-27-59(49)68-60)44-34-29-40(30-35-44)43-33-36-53-50(39-43)47-19-7-11-23-52(47)66(53)55-37-31-41-15-3-5-17-45(41)63(55)69-64-46-18-6-4-16-42(46)32-38-56(64)66/h3-39H,1-2H3. The van der Waals surface area contributed by atoms with E-state index in [9.17, 15) is 0 Å². The number of benzene rings is 11. The molecule has 69 heavy (non-hydrogen) atoms. The topological polar surface area (TPSA) is 25.6 Å². The molecule has 0 fully saturated rings. The van der Waals surface area contributed by atoms with Crippen LogP contribution >= 0.6 is 0 Å². The Morgan fingerprint density at radius 1 is 0.377 bits per heavy atom. The first-order chi connectivity index (χ1) is 34.0. The monoisotopic (exact) mass is 881 g/mol. The van der Waals surface area contributed by atoms with Gasteiger partial charge in [-0.1, -0.05) is 196 Å². The molecule has 0 atom stereocenters. The zero-order valence-corrected chi connectivity index (χ0v) is 38.1. The second-order valence-electron chi connectivity index (χ2n) is 19.5. The number of rotatable bonds is 4. The lowest BCUT2D eigenvalue weighted by molar-refractivity contribution is 0.447. The Balaban J connectivity index is 0.924. The average molecular weight is 882 g/mol. The summed E-state index contributed by atoms with van der Waals surface area (Å²) in [6.07, 6.45) is 0. The predicted molar refractivity (Wildman–Crippen MR) is 284 cm³/mol. The first-order valence-corrected chi connectivity index (χ1v) is 24.0. The Hall–Kier alpha value is -8.66. The highest BCUT2D eigenvalue weighted by Gasteiger charge is 2.52. The minimum Gasteiger partial charge on any atom is -0.456 e. The Morgan fingerprint density at radius 2 is 0.928 bits per heavy atom. The molecule has 0 N–H and O–H groups in total. The van der Waals surface area contributed by atoms with Gasteiger partial charge >= 0.3 is 0 Å². The molecule has 1 aromatic heterocycles. The molecule has 0 radical (unpaired) electrons. The van der Waals surface area contributed by atoms with Crippen molar-refractivity contribution in [2.45, 2.75) is 24.7 Å². The molecule has 0 unspecified atom stereocenters. The summed E-state index contributed by atoms with van der Waals surface area (Å²) in [6, 6.07) is 82.4. The number of nitrogens with zero attached hydrogens (tertiary/aromatic N) is 1. The largest absolute Gasteiger partial charge is 0.456 e. The minimum absolute atomic E-state index is 0.146. The van der Waals surface area contributed by atoms with Crippen LogP contribution < -0.4 is 9.64 Å². The van der Waals surface area contributed by atoms with Crippen molar-refractivity contribution in [1.82, 2.24) is 0 Å². The molecule has 1 spiro atoms. The average Bonchev–Trinajstić information content (AvgIpc) is 4.01. The summed E-state index contributed by atoms with van der Waals surface area (Å²) >= 11 is 0. The maximum absolute atomic E-state index is 7.19. The predicted octanol–water partition coefficient (Wildman–Crippen LogP) is 17.8. The first-order valence-electron chi connectivity index (χ1n) is 24.0. The maximum Gasteiger partial charge on any atom is 0.140 e. The van der Waals surface area contributed by atoms with E-state index in [1.165, 1.54) is 72.0 Å². The van der Waals surface area contributed by atoms with Gasteiger partial charge in [0, 0.05) is 44.0 Å². The summed E-state index contributed by atoms with van der Waals surface area (Å²) in [7, 11) is 0. The van der Waals surface area contributed by atoms with Crippen molar-refractivity contribution in [1.29, 1.82) is 0 Å². The van der Waals surface area contributed by atoms with E-state index >= 15 is 0 Å². The van der Waals surface area contributed by atoms with Gasteiger partial charge in [-0.05, 0) is 103 Å². The van der Waals surface area contributed by atoms with E-state index in [1.54, 1.807) is 0 Å². The van der Waals surface area contributed by atoms with Gasteiger partial charge in [-0.25, -0.2) is 0 Å². The summed E-state index contributed by atoms with van der Waals surface area (Å²) < 4.78 is 13.7. The van der Waals surface area contributed by atoms with Crippen molar-refractivity contribution in [3.05, 3.63) is 258 Å². The van der Waals surface area contributed by atoms with Crippen LogP contribution in [0.1, 0.15) is 47.2 Å². The molecule has 0 saturated carbocycles. The first kappa shape index (κ1) is 38.4. The van der Waals surface area contributed by atoms with Gasteiger partial charge < -0.3 is 14.1 Å². The molecular formula is C66H43NO2. The molecule has 3 nitrogen and oxygen atoms in total. The number of hydrogen-bond donors (Lipinski definition) is 0. The van der Waals surface area contributed by atoms with Crippen LogP contribution in [0.3, 0.4) is 0 Å². The lowest BCUT2D eigenvalue weighted by atomic mass is 9.65. The molecule has 0 amide bonds. The van der Waals surface area contributed by atoms with Gasteiger partial charge in [0.25, 0.3) is 0 Å². The number of fused-ring (bicyclic) bond motifs is 19. The van der Waals surface area contributed by atoms with Gasteiger partial charge in [0.2, 0.25) is 0 Å². The highest BCUT2D eigenvalue weighted by molar-refractivity contribution is 6.14. The van der Waals surface area contributed by atoms with E-state index in [0.717, 1.165) is 66.8 Å². The molecule has 3 aliphatic rings. The third-order valence-electron chi connectivity index (χ3n) is 15.7. The quantitative estimate of drug-likeness (QED) is 0.176. The van der Waals surface area contributed by atoms with E-state index < -0.39 is 5.41 Å². The molecule has 2 aliphatic carbocycles. The van der Waals surface area contributed by atoms with Crippen LogP contribution in [0.2, 0.25) is 0 Å². The smallest absolute Gasteiger partial charge is 0.140 e. The fraction of sp³-hybridized carbons (Fsp3) is 0.0606. The molecule has 11 aromatic carbocycles. The SMILES string of the molecule is CC1(C)c2ccccc2-c2c(N(c3ccc(-c4ccc5c(c4)-c4ccccc4C54c5ccc6ccccc6c5Oc5c4ccc4ccccc54)cc3)c3cccc4oc5ccccc5c34)cccc21. The van der Waals surface area contributed by atoms with Crippen molar-refractivity contribution in [2.24, 2.45) is 0 Å². The number of furan rings is 1. The van der Waals surface area contributed by atoms with Crippen LogP contribution in [-0.4, -0.2) is 0 Å². The van der Waals surface area contributed by atoms with Crippen molar-refractivity contribution in [3.8, 4) is 44.9 Å². The van der Waals surface area contributed by atoms with Gasteiger partial charge in [-0.3, -0.25) is 0 Å². The van der Waals surface area contributed by atoms with Crippen molar-refractivity contribution in [2.75, 3.05) is 4.90 Å². The maximum atomic E-state index is 7.19. The van der Waals surface area contributed by atoms with E-state index in [0.29, 0.717) is 0 Å². The van der Waals surface area contributed by atoms with Gasteiger partial charge in [0.1, 0.15) is 22.7 Å². The van der Waals surface area contributed by atoms with Crippen molar-refractivity contribution < 1.29 is 9.15 Å². The Morgan fingerprint density at radius 3 is 1.68 bits per heavy atom. The van der Waals surface area contributed by atoms with Crippen LogP contribution in [-0.2, 0) is 10.8 Å². The zero-order valence-electron chi connectivity index (χ0n) is 38.1. The molecule has 2 heterocycles. The fourth-order valence-corrected chi connectivity index (χ4v) is 12.7. The molecule has 0 bridgehead atoms. The Kier molecular flexibility index (Phi) is 7.77. The Bertz CT molecular complexity index is 4070. The lowest BCUT2D eigenvalue weighted by Gasteiger charge is -2.40. The van der Waals surface area contributed by atoms with Crippen LogP contribution in [0.5, 0.6) is 11.5 Å². The third-order valence-corrected chi connectivity index (χ3v) is 15.7. The van der Waals surface area contributed by atoms with Crippen molar-refractivity contribution in [3.63, 3.8) is 0 Å². The minimum atomic E-state index is -0.590. The number of anilines is 3. The van der Waals surface area contributed by atoms with E-state index in [-0.39, 0.29) is 5.41 Å². The number of ether oxygens (including phenoxy) is 1. The second-order valence-corrected chi connectivity index (χ2v) is 19.5. The van der Waals surface area contributed by atoms with Gasteiger partial charge in [-0.15, -0.1) is 0 Å². The molecule has 324 valence electrons. The molecule has 1 aliphatic heterocycles. The van der Waals surface area contributed by atoms with Gasteiger partial charge in [0.05, 0.1) is 22.2 Å². The van der Waals surface area contributed by atoms with Gasteiger partial charge in [-0.2, -0.15) is 0 Å². The fourth-order valence-electron chi connectivity index (χ4n) is 12.7. The highest BCUT2D eigenvalue weighted by Crippen LogP contribution is 2.64. The Labute approximate surface area is 400 Å². The van der Waals surface area contributed by atoms with E-state index in [1.807, 2.05) is 6.07 Å². The number of para-hydroxylation sites is 1. The van der Waals surface area contributed by atoms with Crippen LogP contribution in [0.15, 0.2) is 229 Å². The van der Waals surface area contributed by atoms with Crippen LogP contribution in [0.25, 0.3) is 76.9 Å². The van der Waals surface area contributed by atoms with Crippen LogP contribution in [0.4, 0.5) is 17.1 Å². The summed E-state index contributed by atoms with van der Waals surface area (Å²) in [4.78, 5) is 2.46. The molecule has 12 aromatic rings. The van der Waals surface area contributed by atoms with E-state index in [4.69, 9.17) is 9.15 Å². The normalized spacial score (nSPS) is 14.3. The highest BCUT2D eigenvalue weighted by atomic mass is 16.5. The summed E-state index contributed by atoms with van der Waals surface area (Å²) in [6.45, 7) is 4.70. The van der Waals surface area contributed by atoms with Crippen LogP contribution in [0, 0.1) is 0 Å². The van der Waals surface area contributed by atoms with E-state index in [2.05, 4.69) is 237 Å². The second kappa shape index (κ2) is 13.9. The molecular weight excluding hydrogens is 839 g/mol. The number of hydrogen-bond acceptors (Lipinski definition) is 3. The van der Waals surface area contributed by atoms with Gasteiger partial charge in [0.15, 0.2) is 0 Å².